The van der Waals surface area contributed by atoms with Gasteiger partial charge in [-0.05, 0) is 24.3 Å². The maximum atomic E-state index is 14.0. The van der Waals surface area contributed by atoms with E-state index in [1.807, 2.05) is 0 Å². The zero-order valence-electron chi connectivity index (χ0n) is 13.4. The molecule has 1 saturated heterocycles. The number of aliphatic carboxylic acids is 1. The molecular formula is C18H17F2NO4. The van der Waals surface area contributed by atoms with Gasteiger partial charge in [0.2, 0.25) is 11.6 Å². The summed E-state index contributed by atoms with van der Waals surface area (Å²) < 4.78 is 33.3. The van der Waals surface area contributed by atoms with Crippen LogP contribution in [-0.2, 0) is 16.0 Å². The highest BCUT2D eigenvalue weighted by molar-refractivity contribution is 5.82. The van der Waals surface area contributed by atoms with Gasteiger partial charge in [0.15, 0.2) is 0 Å². The number of likely N-dealkylation sites (tertiary alicyclic amines) is 1. The molecule has 0 bridgehead atoms. The zero-order valence-corrected chi connectivity index (χ0v) is 13.4. The van der Waals surface area contributed by atoms with Gasteiger partial charge in [0, 0.05) is 25.8 Å². The third-order valence-corrected chi connectivity index (χ3v) is 4.34. The molecule has 2 aromatic rings. The van der Waals surface area contributed by atoms with Crippen LogP contribution in [0.4, 0.5) is 8.78 Å². The Labute approximate surface area is 142 Å². The fraction of sp³-hybridized carbons (Fsp3) is 0.333. The molecule has 5 nitrogen and oxygen atoms in total. The lowest BCUT2D eigenvalue weighted by Gasteiger charge is -2.17. The van der Waals surface area contributed by atoms with Gasteiger partial charge in [-0.25, -0.2) is 13.6 Å². The summed E-state index contributed by atoms with van der Waals surface area (Å²) in [5.41, 5.74) is -2.03. The fourth-order valence-electron chi connectivity index (χ4n) is 2.87. The van der Waals surface area contributed by atoms with E-state index in [2.05, 4.69) is 0 Å². The monoisotopic (exact) mass is 349 g/mol. The quantitative estimate of drug-likeness (QED) is 0.901. The molecule has 7 heteroatoms. The number of nitrogens with zero attached hydrogens (tertiary/aromatic N) is 1. The van der Waals surface area contributed by atoms with E-state index in [1.54, 1.807) is 30.3 Å². The molecule has 0 aliphatic carbocycles. The summed E-state index contributed by atoms with van der Waals surface area (Å²) in [6.45, 7) is -0.347. The summed E-state index contributed by atoms with van der Waals surface area (Å²) in [6, 6.07) is 9.50. The number of benzene rings is 1. The molecule has 3 rings (SSSR count). The third kappa shape index (κ3) is 3.55. The van der Waals surface area contributed by atoms with Crippen LogP contribution in [0, 0.1) is 5.82 Å². The van der Waals surface area contributed by atoms with Gasteiger partial charge in [-0.15, -0.1) is 0 Å². The second-order valence-corrected chi connectivity index (χ2v) is 6.08. The van der Waals surface area contributed by atoms with E-state index in [1.165, 1.54) is 11.0 Å². The van der Waals surface area contributed by atoms with Crippen LogP contribution in [0.15, 0.2) is 40.8 Å². The Morgan fingerprint density at radius 3 is 2.68 bits per heavy atom. The predicted molar refractivity (Wildman–Crippen MR) is 85.1 cm³/mol. The molecule has 1 aliphatic heterocycles. The Morgan fingerprint density at radius 1 is 1.24 bits per heavy atom. The molecule has 1 aromatic carbocycles. The number of carbonyl (C=O) groups is 2. The van der Waals surface area contributed by atoms with Crippen molar-refractivity contribution in [3.8, 4) is 11.3 Å². The molecule has 1 atom stereocenters. The number of furan rings is 1. The average molecular weight is 349 g/mol. The fourth-order valence-corrected chi connectivity index (χ4v) is 2.87. The smallest absolute Gasteiger partial charge is 0.343 e. The van der Waals surface area contributed by atoms with E-state index < -0.39 is 24.0 Å². The minimum atomic E-state index is -2.36. The number of hydrogen-bond donors (Lipinski definition) is 1. The Hall–Kier alpha value is -2.70. The molecule has 0 saturated carbocycles. The van der Waals surface area contributed by atoms with E-state index >= 15 is 0 Å². The summed E-state index contributed by atoms with van der Waals surface area (Å²) in [5.74, 6) is -1.39. The van der Waals surface area contributed by atoms with Crippen LogP contribution in [0.2, 0.25) is 0 Å². The van der Waals surface area contributed by atoms with Gasteiger partial charge in [-0.3, -0.25) is 4.79 Å². The molecule has 0 spiro atoms. The molecule has 1 aliphatic rings. The molecule has 1 aromatic heterocycles. The zero-order chi connectivity index (χ0) is 18.0. The number of amides is 1. The normalized spacial score (nSPS) is 20.0. The van der Waals surface area contributed by atoms with Crippen LogP contribution in [0.25, 0.3) is 11.3 Å². The van der Waals surface area contributed by atoms with Gasteiger partial charge in [0.05, 0.1) is 12.1 Å². The molecular weight excluding hydrogens is 332 g/mol. The minimum Gasteiger partial charge on any atom is -0.479 e. The van der Waals surface area contributed by atoms with Crippen LogP contribution in [-0.4, -0.2) is 40.6 Å². The maximum absolute atomic E-state index is 14.0. The predicted octanol–water partition coefficient (Wildman–Crippen LogP) is 3.04. The number of aryl methyl sites for hydroxylation is 1. The van der Waals surface area contributed by atoms with Crippen molar-refractivity contribution in [1.29, 1.82) is 0 Å². The van der Waals surface area contributed by atoms with Gasteiger partial charge in [-0.1, -0.05) is 12.1 Å². The van der Waals surface area contributed by atoms with Crippen molar-refractivity contribution in [3.63, 3.8) is 0 Å². The van der Waals surface area contributed by atoms with Gasteiger partial charge in [0.25, 0.3) is 0 Å². The van der Waals surface area contributed by atoms with Crippen molar-refractivity contribution in [3.05, 3.63) is 48.0 Å². The van der Waals surface area contributed by atoms with Gasteiger partial charge in [0.1, 0.15) is 17.3 Å². The van der Waals surface area contributed by atoms with Crippen LogP contribution in [0.1, 0.15) is 18.6 Å². The van der Waals surface area contributed by atoms with Crippen molar-refractivity contribution < 1.29 is 27.9 Å². The first-order valence-electron chi connectivity index (χ1n) is 7.93. The molecule has 2 heterocycles. The maximum Gasteiger partial charge on any atom is 0.343 e. The number of hydrogen-bond acceptors (Lipinski definition) is 3. The summed E-state index contributed by atoms with van der Waals surface area (Å²) in [5, 5.41) is 8.85. The molecule has 1 unspecified atom stereocenters. The Balaban J connectivity index is 1.59. The molecule has 1 amide bonds. The lowest BCUT2D eigenvalue weighted by atomic mass is 10.1. The van der Waals surface area contributed by atoms with Gasteiger partial charge in [-0.2, -0.15) is 0 Å². The summed E-state index contributed by atoms with van der Waals surface area (Å²) in [6.07, 6.45) is 0.141. The molecule has 25 heavy (non-hydrogen) atoms. The Kier molecular flexibility index (Phi) is 4.57. The highest BCUT2D eigenvalue weighted by atomic mass is 19.1. The Bertz CT molecular complexity index is 804. The van der Waals surface area contributed by atoms with E-state index in [0.29, 0.717) is 17.1 Å². The Morgan fingerprint density at radius 2 is 2.00 bits per heavy atom. The molecule has 1 fully saturated rings. The number of alkyl halides is 1. The van der Waals surface area contributed by atoms with Crippen molar-refractivity contribution >= 4 is 11.9 Å². The third-order valence-electron chi connectivity index (χ3n) is 4.34. The second kappa shape index (κ2) is 6.66. The van der Waals surface area contributed by atoms with Gasteiger partial charge >= 0.3 is 5.97 Å². The first kappa shape index (κ1) is 17.1. The van der Waals surface area contributed by atoms with Crippen molar-refractivity contribution in [2.45, 2.75) is 24.9 Å². The van der Waals surface area contributed by atoms with E-state index in [-0.39, 0.29) is 31.7 Å². The molecule has 1 N–H and O–H groups in total. The number of rotatable bonds is 5. The summed E-state index contributed by atoms with van der Waals surface area (Å²) >= 11 is 0. The molecule has 132 valence electrons. The number of carboxylic acid groups (broad SMARTS) is 1. The van der Waals surface area contributed by atoms with Crippen molar-refractivity contribution in [1.82, 2.24) is 4.90 Å². The largest absolute Gasteiger partial charge is 0.479 e. The topological polar surface area (TPSA) is 70.8 Å². The first-order chi connectivity index (χ1) is 11.9. The van der Waals surface area contributed by atoms with Crippen molar-refractivity contribution in [2.24, 2.45) is 0 Å². The van der Waals surface area contributed by atoms with E-state index in [9.17, 15) is 18.4 Å². The highest BCUT2D eigenvalue weighted by Gasteiger charge is 2.46. The van der Waals surface area contributed by atoms with Crippen LogP contribution >= 0.6 is 0 Å². The minimum absolute atomic E-state index is 0.0694. The van der Waals surface area contributed by atoms with E-state index in [4.69, 9.17) is 9.52 Å². The first-order valence-corrected chi connectivity index (χ1v) is 7.93. The SMILES string of the molecule is O=C(CCc1ccc(-c2ccccc2F)o1)N1CCC(F)(C(=O)O)C1. The number of halogens is 2. The van der Waals surface area contributed by atoms with Crippen molar-refractivity contribution in [2.75, 3.05) is 13.1 Å². The van der Waals surface area contributed by atoms with E-state index in [0.717, 1.165) is 0 Å². The number of carbonyl (C=O) groups excluding carboxylic acids is 1. The summed E-state index contributed by atoms with van der Waals surface area (Å²) in [7, 11) is 0. The highest BCUT2D eigenvalue weighted by Crippen LogP contribution is 2.28. The lowest BCUT2D eigenvalue weighted by molar-refractivity contribution is -0.150. The molecule has 0 radical (unpaired) electrons. The van der Waals surface area contributed by atoms with Crippen LogP contribution in [0.5, 0.6) is 0 Å². The number of carboxylic acids is 1. The average Bonchev–Trinajstić information content (AvgIpc) is 3.21. The van der Waals surface area contributed by atoms with Crippen LogP contribution < -0.4 is 0 Å². The second-order valence-electron chi connectivity index (χ2n) is 6.08. The summed E-state index contributed by atoms with van der Waals surface area (Å²) in [4.78, 5) is 24.2. The standard InChI is InChI=1S/C18H17F2NO4/c19-14-4-2-1-3-13(14)15-7-5-12(25-15)6-8-16(22)21-10-9-18(20,11-21)17(23)24/h1-5,7H,6,8-11H2,(H,23,24). The van der Waals surface area contributed by atoms with Gasteiger partial charge < -0.3 is 14.4 Å². The lowest BCUT2D eigenvalue weighted by Crippen LogP contribution is -2.38. The van der Waals surface area contributed by atoms with Crippen LogP contribution in [0.3, 0.4) is 0 Å².